The van der Waals surface area contributed by atoms with Crippen molar-refractivity contribution in [2.24, 2.45) is 11.8 Å². The van der Waals surface area contributed by atoms with E-state index in [0.29, 0.717) is 6.04 Å². The molecule has 2 fully saturated rings. The molecule has 0 unspecified atom stereocenters. The first-order valence-electron chi connectivity index (χ1n) is 8.64. The van der Waals surface area contributed by atoms with Gasteiger partial charge in [0.2, 0.25) is 5.91 Å². The molecule has 0 spiro atoms. The number of rotatable bonds is 0. The Kier molecular flexibility index (Phi) is 2.73. The standard InChI is InChI=1S/C19H20N2O2/c22-18-13-6-2-1-5-11(13)12-8-9-14-15-7-3-4-10-21(15)19(23)16(14)17(12)20-18/h1-2,5-6,8-9,12,14-17H,3-4,7,10H2,(H,20,22)/t12-,14+,15+,16-,17-/m0/s1. The van der Waals surface area contributed by atoms with E-state index in [1.54, 1.807) is 0 Å². The van der Waals surface area contributed by atoms with E-state index in [2.05, 4.69) is 22.4 Å². The molecule has 5 rings (SSSR count). The monoisotopic (exact) mass is 308 g/mol. The molecule has 1 N–H and O–H groups in total. The molecule has 1 aromatic carbocycles. The van der Waals surface area contributed by atoms with Crippen molar-refractivity contribution < 1.29 is 9.59 Å². The average Bonchev–Trinajstić information content (AvgIpc) is 2.89. The maximum absolute atomic E-state index is 13.0. The lowest BCUT2D eigenvalue weighted by Crippen LogP contribution is -2.52. The summed E-state index contributed by atoms with van der Waals surface area (Å²) in [5.41, 5.74) is 1.81. The Morgan fingerprint density at radius 2 is 1.96 bits per heavy atom. The van der Waals surface area contributed by atoms with E-state index in [1.807, 2.05) is 24.3 Å². The fourth-order valence-corrected chi connectivity index (χ4v) is 5.16. The van der Waals surface area contributed by atoms with Crippen LogP contribution in [0.25, 0.3) is 0 Å². The summed E-state index contributed by atoms with van der Waals surface area (Å²) in [4.78, 5) is 27.6. The van der Waals surface area contributed by atoms with Gasteiger partial charge in [-0.25, -0.2) is 0 Å². The first-order chi connectivity index (χ1) is 11.3. The largest absolute Gasteiger partial charge is 0.348 e. The van der Waals surface area contributed by atoms with Crippen LogP contribution in [0.3, 0.4) is 0 Å². The molecule has 3 aliphatic heterocycles. The van der Waals surface area contributed by atoms with E-state index in [4.69, 9.17) is 0 Å². The number of benzene rings is 1. The minimum Gasteiger partial charge on any atom is -0.348 e. The first kappa shape index (κ1) is 13.3. The molecule has 1 aliphatic carbocycles. The zero-order valence-corrected chi connectivity index (χ0v) is 12.9. The molecule has 118 valence electrons. The molecule has 2 saturated heterocycles. The molecule has 1 aromatic rings. The van der Waals surface area contributed by atoms with Gasteiger partial charge in [0, 0.05) is 30.0 Å². The van der Waals surface area contributed by atoms with Crippen LogP contribution in [-0.2, 0) is 4.79 Å². The number of piperidine rings is 1. The number of fused-ring (bicyclic) bond motifs is 7. The highest BCUT2D eigenvalue weighted by molar-refractivity contribution is 5.98. The van der Waals surface area contributed by atoms with Gasteiger partial charge in [-0.05, 0) is 30.9 Å². The number of carbonyl (C=O) groups is 2. The maximum Gasteiger partial charge on any atom is 0.251 e. The molecule has 4 aliphatic rings. The summed E-state index contributed by atoms with van der Waals surface area (Å²) in [6.45, 7) is 0.881. The van der Waals surface area contributed by atoms with Gasteiger partial charge in [-0.1, -0.05) is 30.4 Å². The molecule has 3 heterocycles. The Balaban J connectivity index is 1.60. The van der Waals surface area contributed by atoms with Crippen molar-refractivity contribution in [3.8, 4) is 0 Å². The van der Waals surface area contributed by atoms with Crippen LogP contribution in [0, 0.1) is 11.8 Å². The van der Waals surface area contributed by atoms with Crippen molar-refractivity contribution in [3.63, 3.8) is 0 Å². The molecule has 4 nitrogen and oxygen atoms in total. The summed E-state index contributed by atoms with van der Waals surface area (Å²) in [6, 6.07) is 8.03. The van der Waals surface area contributed by atoms with Gasteiger partial charge < -0.3 is 10.2 Å². The fourth-order valence-electron chi connectivity index (χ4n) is 5.16. The lowest BCUT2D eigenvalue weighted by Gasteiger charge is -2.40. The van der Waals surface area contributed by atoms with E-state index in [9.17, 15) is 9.59 Å². The Bertz CT molecular complexity index is 726. The smallest absolute Gasteiger partial charge is 0.251 e. The molecular formula is C19H20N2O2. The maximum atomic E-state index is 13.0. The van der Waals surface area contributed by atoms with Crippen LogP contribution in [-0.4, -0.2) is 35.3 Å². The van der Waals surface area contributed by atoms with Crippen molar-refractivity contribution in [1.82, 2.24) is 10.2 Å². The van der Waals surface area contributed by atoms with Crippen LogP contribution in [0.2, 0.25) is 0 Å². The van der Waals surface area contributed by atoms with Crippen molar-refractivity contribution in [1.29, 1.82) is 0 Å². The lowest BCUT2D eigenvalue weighted by atomic mass is 9.69. The predicted octanol–water partition coefficient (Wildman–Crippen LogP) is 2.08. The first-order valence-corrected chi connectivity index (χ1v) is 8.64. The summed E-state index contributed by atoms with van der Waals surface area (Å²) in [7, 11) is 0. The highest BCUT2D eigenvalue weighted by Crippen LogP contribution is 2.47. The van der Waals surface area contributed by atoms with E-state index in [1.165, 1.54) is 6.42 Å². The molecule has 0 radical (unpaired) electrons. The summed E-state index contributed by atoms with van der Waals surface area (Å²) < 4.78 is 0. The van der Waals surface area contributed by atoms with Gasteiger partial charge >= 0.3 is 0 Å². The Morgan fingerprint density at radius 1 is 1.09 bits per heavy atom. The van der Waals surface area contributed by atoms with Gasteiger partial charge in [0.1, 0.15) is 0 Å². The Morgan fingerprint density at radius 3 is 2.87 bits per heavy atom. The minimum absolute atomic E-state index is 0.0337. The van der Waals surface area contributed by atoms with Crippen LogP contribution in [0.4, 0.5) is 0 Å². The third-order valence-electron chi connectivity index (χ3n) is 6.15. The van der Waals surface area contributed by atoms with E-state index < -0.39 is 0 Å². The number of carbonyl (C=O) groups excluding carboxylic acids is 2. The summed E-state index contributed by atoms with van der Waals surface area (Å²) in [6.07, 6.45) is 7.89. The molecule has 5 atom stereocenters. The second-order valence-corrected chi connectivity index (χ2v) is 7.20. The van der Waals surface area contributed by atoms with E-state index in [0.717, 1.165) is 30.5 Å². The van der Waals surface area contributed by atoms with Crippen LogP contribution >= 0.6 is 0 Å². The highest BCUT2D eigenvalue weighted by Gasteiger charge is 2.55. The third-order valence-corrected chi connectivity index (χ3v) is 6.15. The Hall–Kier alpha value is -2.10. The number of nitrogens with one attached hydrogen (secondary N) is 1. The quantitative estimate of drug-likeness (QED) is 0.746. The zero-order chi connectivity index (χ0) is 15.6. The summed E-state index contributed by atoms with van der Waals surface area (Å²) >= 11 is 0. The van der Waals surface area contributed by atoms with Crippen LogP contribution in [0.15, 0.2) is 36.4 Å². The molecule has 0 aromatic heterocycles. The van der Waals surface area contributed by atoms with Gasteiger partial charge in [0.05, 0.1) is 12.0 Å². The molecular weight excluding hydrogens is 288 g/mol. The predicted molar refractivity (Wildman–Crippen MR) is 85.9 cm³/mol. The van der Waals surface area contributed by atoms with Gasteiger partial charge in [-0.15, -0.1) is 0 Å². The summed E-state index contributed by atoms with van der Waals surface area (Å²) in [5, 5.41) is 3.15. The highest BCUT2D eigenvalue weighted by atomic mass is 16.2. The van der Waals surface area contributed by atoms with Crippen molar-refractivity contribution >= 4 is 11.8 Å². The second kappa shape index (κ2) is 4.70. The fraction of sp³-hybridized carbons (Fsp3) is 0.474. The zero-order valence-electron chi connectivity index (χ0n) is 12.9. The van der Waals surface area contributed by atoms with Crippen molar-refractivity contribution in [2.45, 2.75) is 37.3 Å². The SMILES string of the molecule is O=C1N[C@@H]2[C@H]3C(=O)N4CCCC[C@@H]4[C@H]3C=C[C@H]2c2ccccc21. The molecule has 0 saturated carbocycles. The van der Waals surface area contributed by atoms with E-state index >= 15 is 0 Å². The number of hydrogen-bond acceptors (Lipinski definition) is 2. The van der Waals surface area contributed by atoms with Crippen LogP contribution in [0.5, 0.6) is 0 Å². The average molecular weight is 308 g/mol. The van der Waals surface area contributed by atoms with Gasteiger partial charge in [0.15, 0.2) is 0 Å². The molecule has 0 bridgehead atoms. The molecule has 23 heavy (non-hydrogen) atoms. The Labute approximate surface area is 135 Å². The number of nitrogens with zero attached hydrogens (tertiary/aromatic N) is 1. The topological polar surface area (TPSA) is 49.4 Å². The van der Waals surface area contributed by atoms with Gasteiger partial charge in [0.25, 0.3) is 5.91 Å². The number of hydrogen-bond donors (Lipinski definition) is 1. The second-order valence-electron chi connectivity index (χ2n) is 7.20. The van der Waals surface area contributed by atoms with Crippen LogP contribution < -0.4 is 5.32 Å². The molecule has 2 amide bonds. The minimum atomic E-state index is -0.0922. The molecule has 4 heteroatoms. The normalized spacial score (nSPS) is 37.6. The van der Waals surface area contributed by atoms with Gasteiger partial charge in [-0.2, -0.15) is 0 Å². The van der Waals surface area contributed by atoms with Crippen molar-refractivity contribution in [3.05, 3.63) is 47.5 Å². The third kappa shape index (κ3) is 1.72. The van der Waals surface area contributed by atoms with Crippen molar-refractivity contribution in [2.75, 3.05) is 6.54 Å². The van der Waals surface area contributed by atoms with E-state index in [-0.39, 0.29) is 35.6 Å². The number of amides is 2. The van der Waals surface area contributed by atoms with Crippen LogP contribution in [0.1, 0.15) is 41.1 Å². The lowest BCUT2D eigenvalue weighted by molar-refractivity contribution is -0.133. The van der Waals surface area contributed by atoms with Gasteiger partial charge in [-0.3, -0.25) is 9.59 Å². The summed E-state index contributed by atoms with van der Waals surface area (Å²) in [5.74, 6) is 0.503.